The van der Waals surface area contributed by atoms with Crippen molar-refractivity contribution in [2.24, 2.45) is 5.73 Å². The maximum absolute atomic E-state index is 9.82. The fourth-order valence-corrected chi connectivity index (χ4v) is 3.26. The second-order valence-corrected chi connectivity index (χ2v) is 5.73. The van der Waals surface area contributed by atoms with E-state index in [9.17, 15) is 5.11 Å². The van der Waals surface area contributed by atoms with E-state index < -0.39 is 0 Å². The van der Waals surface area contributed by atoms with E-state index in [0.29, 0.717) is 18.1 Å². The molecule has 1 saturated heterocycles. The minimum Gasteiger partial charge on any atom is -0.392 e. The van der Waals surface area contributed by atoms with E-state index in [1.54, 1.807) is 0 Å². The highest BCUT2D eigenvalue weighted by Gasteiger charge is 2.38. The molecule has 0 amide bonds. The lowest BCUT2D eigenvalue weighted by Crippen LogP contribution is -2.43. The van der Waals surface area contributed by atoms with Crippen LogP contribution in [0.15, 0.2) is 0 Å². The number of hydrogen-bond donors (Lipinski definition) is 2. The predicted molar refractivity (Wildman–Crippen MR) is 65.3 cm³/mol. The van der Waals surface area contributed by atoms with E-state index in [1.807, 2.05) is 0 Å². The summed E-state index contributed by atoms with van der Waals surface area (Å²) in [6.45, 7) is 1.89. The number of aliphatic hydroxyl groups is 1. The molecule has 0 aromatic rings. The van der Waals surface area contributed by atoms with E-state index in [4.69, 9.17) is 5.73 Å². The van der Waals surface area contributed by atoms with Crippen molar-refractivity contribution in [1.82, 2.24) is 9.80 Å². The van der Waals surface area contributed by atoms with Crippen LogP contribution in [-0.2, 0) is 0 Å². The maximum atomic E-state index is 9.82. The Bertz CT molecular complexity index is 234. The number of aliphatic hydroxyl groups excluding tert-OH is 1. The second-order valence-electron chi connectivity index (χ2n) is 5.73. The summed E-state index contributed by atoms with van der Waals surface area (Å²) in [5.41, 5.74) is 5.97. The Labute approximate surface area is 98.4 Å². The summed E-state index contributed by atoms with van der Waals surface area (Å²) < 4.78 is 0. The van der Waals surface area contributed by atoms with Gasteiger partial charge in [0, 0.05) is 31.2 Å². The molecule has 1 heterocycles. The normalized spacial score (nSPS) is 41.1. The van der Waals surface area contributed by atoms with Crippen LogP contribution in [0, 0.1) is 0 Å². The van der Waals surface area contributed by atoms with Gasteiger partial charge in [0.2, 0.25) is 0 Å². The van der Waals surface area contributed by atoms with E-state index in [2.05, 4.69) is 23.9 Å². The highest BCUT2D eigenvalue weighted by Crippen LogP contribution is 2.29. The number of hydrogen-bond acceptors (Lipinski definition) is 4. The van der Waals surface area contributed by atoms with Crippen molar-refractivity contribution in [2.45, 2.75) is 49.9 Å². The molecule has 94 valence electrons. The lowest BCUT2D eigenvalue weighted by molar-refractivity contribution is 0.137. The van der Waals surface area contributed by atoms with Gasteiger partial charge in [-0.05, 0) is 39.8 Å². The summed E-state index contributed by atoms with van der Waals surface area (Å²) in [5, 5.41) is 9.82. The van der Waals surface area contributed by atoms with Crippen LogP contribution in [0.3, 0.4) is 0 Å². The predicted octanol–water partition coefficient (Wildman–Crippen LogP) is -0.137. The molecule has 1 aliphatic carbocycles. The van der Waals surface area contributed by atoms with Crippen LogP contribution in [0.5, 0.6) is 0 Å². The fourth-order valence-electron chi connectivity index (χ4n) is 3.26. The van der Waals surface area contributed by atoms with Crippen molar-refractivity contribution in [3.8, 4) is 0 Å². The van der Waals surface area contributed by atoms with Gasteiger partial charge in [-0.25, -0.2) is 0 Å². The van der Waals surface area contributed by atoms with Crippen molar-refractivity contribution in [3.63, 3.8) is 0 Å². The SMILES string of the molecule is CN(C)CC1CC(O)CN1C1CCC(N)C1. The van der Waals surface area contributed by atoms with Crippen LogP contribution in [-0.4, -0.2) is 66.3 Å². The van der Waals surface area contributed by atoms with Crippen LogP contribution < -0.4 is 5.73 Å². The Kier molecular flexibility index (Phi) is 3.85. The Morgan fingerprint density at radius 3 is 2.62 bits per heavy atom. The molecule has 4 heteroatoms. The zero-order valence-corrected chi connectivity index (χ0v) is 10.5. The van der Waals surface area contributed by atoms with Gasteiger partial charge in [0.05, 0.1) is 6.10 Å². The van der Waals surface area contributed by atoms with Crippen molar-refractivity contribution < 1.29 is 5.11 Å². The quantitative estimate of drug-likeness (QED) is 0.705. The van der Waals surface area contributed by atoms with Crippen molar-refractivity contribution in [1.29, 1.82) is 0 Å². The molecule has 4 atom stereocenters. The van der Waals surface area contributed by atoms with Gasteiger partial charge >= 0.3 is 0 Å². The molecule has 2 aliphatic rings. The lowest BCUT2D eigenvalue weighted by Gasteiger charge is -2.31. The molecule has 2 rings (SSSR count). The first-order valence-corrected chi connectivity index (χ1v) is 6.40. The third-order valence-corrected chi connectivity index (χ3v) is 3.93. The molecule has 2 fully saturated rings. The number of rotatable bonds is 3. The third-order valence-electron chi connectivity index (χ3n) is 3.93. The summed E-state index contributed by atoms with van der Waals surface area (Å²) in [6, 6.07) is 1.50. The zero-order chi connectivity index (χ0) is 11.7. The highest BCUT2D eigenvalue weighted by molar-refractivity contribution is 4.94. The van der Waals surface area contributed by atoms with Gasteiger partial charge in [-0.15, -0.1) is 0 Å². The van der Waals surface area contributed by atoms with Crippen molar-refractivity contribution >= 4 is 0 Å². The minimum atomic E-state index is -0.137. The van der Waals surface area contributed by atoms with Gasteiger partial charge in [-0.3, -0.25) is 4.90 Å². The molecule has 0 bridgehead atoms. The van der Waals surface area contributed by atoms with Gasteiger partial charge in [0.15, 0.2) is 0 Å². The van der Waals surface area contributed by atoms with E-state index in [0.717, 1.165) is 32.4 Å². The Balaban J connectivity index is 1.95. The highest BCUT2D eigenvalue weighted by atomic mass is 16.3. The van der Waals surface area contributed by atoms with Gasteiger partial charge in [-0.2, -0.15) is 0 Å². The largest absolute Gasteiger partial charge is 0.392 e. The summed E-state index contributed by atoms with van der Waals surface area (Å²) in [4.78, 5) is 4.71. The third kappa shape index (κ3) is 2.74. The minimum absolute atomic E-state index is 0.137. The molecular formula is C12H25N3O. The second kappa shape index (κ2) is 5.00. The maximum Gasteiger partial charge on any atom is 0.0682 e. The number of likely N-dealkylation sites (tertiary alicyclic amines) is 1. The molecule has 0 spiro atoms. The molecule has 0 aromatic heterocycles. The molecule has 16 heavy (non-hydrogen) atoms. The van der Waals surface area contributed by atoms with Gasteiger partial charge in [-0.1, -0.05) is 0 Å². The van der Waals surface area contributed by atoms with Crippen molar-refractivity contribution in [3.05, 3.63) is 0 Å². The van der Waals surface area contributed by atoms with Crippen LogP contribution in [0.25, 0.3) is 0 Å². The standard InChI is InChI=1S/C12H25N3O/c1-14(2)7-11-6-12(16)8-15(11)10-4-3-9(13)5-10/h9-12,16H,3-8,13H2,1-2H3. The number of nitrogens with zero attached hydrogens (tertiary/aromatic N) is 2. The monoisotopic (exact) mass is 227 g/mol. The summed E-state index contributed by atoms with van der Waals surface area (Å²) >= 11 is 0. The first-order valence-electron chi connectivity index (χ1n) is 6.40. The molecule has 3 N–H and O–H groups in total. The summed E-state index contributed by atoms with van der Waals surface area (Å²) in [7, 11) is 4.20. The van der Waals surface area contributed by atoms with Crippen LogP contribution in [0.4, 0.5) is 0 Å². The molecule has 1 saturated carbocycles. The van der Waals surface area contributed by atoms with Crippen LogP contribution in [0.1, 0.15) is 25.7 Å². The molecular weight excluding hydrogens is 202 g/mol. The van der Waals surface area contributed by atoms with E-state index in [-0.39, 0.29) is 6.10 Å². The smallest absolute Gasteiger partial charge is 0.0682 e. The Morgan fingerprint density at radius 2 is 2.06 bits per heavy atom. The first kappa shape index (κ1) is 12.3. The topological polar surface area (TPSA) is 52.7 Å². The molecule has 1 aliphatic heterocycles. The average Bonchev–Trinajstić information content (AvgIpc) is 2.72. The molecule has 0 aromatic carbocycles. The number of β-amino-alcohol motifs (C(OH)–C–C–N with tert-alkyl or cyclic N) is 1. The Hall–Kier alpha value is -0.160. The molecule has 4 nitrogen and oxygen atoms in total. The molecule has 4 unspecified atom stereocenters. The molecule has 0 radical (unpaired) electrons. The number of nitrogens with two attached hydrogens (primary N) is 1. The summed E-state index contributed by atoms with van der Waals surface area (Å²) in [6.07, 6.45) is 4.24. The van der Waals surface area contributed by atoms with Crippen LogP contribution in [0.2, 0.25) is 0 Å². The van der Waals surface area contributed by atoms with Gasteiger partial charge in [0.25, 0.3) is 0 Å². The van der Waals surface area contributed by atoms with E-state index >= 15 is 0 Å². The van der Waals surface area contributed by atoms with E-state index in [1.165, 1.54) is 6.42 Å². The van der Waals surface area contributed by atoms with Crippen molar-refractivity contribution in [2.75, 3.05) is 27.2 Å². The fraction of sp³-hybridized carbons (Fsp3) is 1.00. The Morgan fingerprint density at radius 1 is 1.31 bits per heavy atom. The lowest BCUT2D eigenvalue weighted by atomic mass is 10.1. The van der Waals surface area contributed by atoms with Gasteiger partial charge < -0.3 is 15.7 Å². The summed E-state index contributed by atoms with van der Waals surface area (Å²) in [5.74, 6) is 0. The average molecular weight is 227 g/mol. The zero-order valence-electron chi connectivity index (χ0n) is 10.5. The van der Waals surface area contributed by atoms with Crippen LogP contribution >= 0.6 is 0 Å². The van der Waals surface area contributed by atoms with Gasteiger partial charge in [0.1, 0.15) is 0 Å². The first-order chi connectivity index (χ1) is 7.56. The number of likely N-dealkylation sites (N-methyl/N-ethyl adjacent to an activating group) is 1.